The Labute approximate surface area is 97.4 Å². The van der Waals surface area contributed by atoms with Crippen molar-refractivity contribution in [1.29, 1.82) is 0 Å². The molecule has 0 spiro atoms. The zero-order valence-corrected chi connectivity index (χ0v) is 10.7. The summed E-state index contributed by atoms with van der Waals surface area (Å²) in [6, 6.07) is 0.658. The first-order valence-electron chi connectivity index (χ1n) is 5.91. The lowest BCUT2D eigenvalue weighted by atomic mass is 9.93. The van der Waals surface area contributed by atoms with Crippen LogP contribution in [0, 0.1) is 0 Å². The van der Waals surface area contributed by atoms with Crippen molar-refractivity contribution in [2.24, 2.45) is 5.73 Å². The van der Waals surface area contributed by atoms with E-state index in [0.717, 1.165) is 6.54 Å². The van der Waals surface area contributed by atoms with Crippen LogP contribution < -0.4 is 5.73 Å². The van der Waals surface area contributed by atoms with Gasteiger partial charge in [-0.15, -0.1) is 0 Å². The maximum Gasteiger partial charge on any atom is 0.0433 e. The molecule has 2 fully saturated rings. The Kier molecular flexibility index (Phi) is 3.60. The van der Waals surface area contributed by atoms with E-state index in [1.54, 1.807) is 0 Å². The van der Waals surface area contributed by atoms with Gasteiger partial charge in [-0.05, 0) is 26.1 Å². The SMILES string of the molecule is CC1CN(C)CCN1C1(CN)CCSC1. The first-order valence-corrected chi connectivity index (χ1v) is 7.06. The van der Waals surface area contributed by atoms with Crippen molar-refractivity contribution in [1.82, 2.24) is 9.80 Å². The number of likely N-dealkylation sites (N-methyl/N-ethyl adjacent to an activating group) is 1. The molecule has 2 aliphatic heterocycles. The number of nitrogens with zero attached hydrogens (tertiary/aromatic N) is 2. The van der Waals surface area contributed by atoms with E-state index in [1.165, 1.54) is 37.6 Å². The van der Waals surface area contributed by atoms with E-state index in [9.17, 15) is 0 Å². The third-order valence-electron chi connectivity index (χ3n) is 3.90. The minimum Gasteiger partial charge on any atom is -0.329 e. The minimum absolute atomic E-state index is 0.311. The summed E-state index contributed by atoms with van der Waals surface area (Å²) in [5.74, 6) is 2.52. The fourth-order valence-electron chi connectivity index (χ4n) is 2.95. The number of nitrogens with two attached hydrogens (primary N) is 1. The van der Waals surface area contributed by atoms with Gasteiger partial charge in [-0.3, -0.25) is 4.90 Å². The molecule has 15 heavy (non-hydrogen) atoms. The molecule has 0 bridgehead atoms. The Morgan fingerprint density at radius 2 is 2.27 bits per heavy atom. The van der Waals surface area contributed by atoms with Gasteiger partial charge < -0.3 is 10.6 Å². The summed E-state index contributed by atoms with van der Waals surface area (Å²) in [6.45, 7) is 6.74. The summed E-state index contributed by atoms with van der Waals surface area (Å²) < 4.78 is 0. The summed E-state index contributed by atoms with van der Waals surface area (Å²) in [4.78, 5) is 5.10. The number of thioether (sulfide) groups is 1. The normalized spacial score (nSPS) is 39.8. The van der Waals surface area contributed by atoms with Gasteiger partial charge in [-0.1, -0.05) is 0 Å². The van der Waals surface area contributed by atoms with E-state index in [0.29, 0.717) is 11.6 Å². The Balaban J connectivity index is 2.07. The third kappa shape index (κ3) is 2.18. The predicted molar refractivity (Wildman–Crippen MR) is 67.4 cm³/mol. The van der Waals surface area contributed by atoms with Crippen LogP contribution in [0.1, 0.15) is 13.3 Å². The third-order valence-corrected chi connectivity index (χ3v) is 5.14. The van der Waals surface area contributed by atoms with Crippen LogP contribution in [0.25, 0.3) is 0 Å². The number of piperazine rings is 1. The zero-order valence-electron chi connectivity index (χ0n) is 9.91. The second-order valence-corrected chi connectivity index (χ2v) is 6.14. The van der Waals surface area contributed by atoms with Crippen molar-refractivity contribution in [2.75, 3.05) is 44.7 Å². The molecule has 2 unspecified atom stereocenters. The highest BCUT2D eigenvalue weighted by Crippen LogP contribution is 2.34. The van der Waals surface area contributed by atoms with Crippen molar-refractivity contribution in [3.05, 3.63) is 0 Å². The van der Waals surface area contributed by atoms with E-state index in [2.05, 4.69) is 35.5 Å². The van der Waals surface area contributed by atoms with E-state index in [-0.39, 0.29) is 0 Å². The standard InChI is InChI=1S/C11H23N3S/c1-10-7-13(2)4-5-14(10)11(8-12)3-6-15-9-11/h10H,3-9,12H2,1-2H3. The second kappa shape index (κ2) is 4.62. The van der Waals surface area contributed by atoms with Gasteiger partial charge in [0.1, 0.15) is 0 Å². The highest BCUT2D eigenvalue weighted by molar-refractivity contribution is 7.99. The monoisotopic (exact) mass is 229 g/mol. The van der Waals surface area contributed by atoms with E-state index in [1.807, 2.05) is 0 Å². The summed E-state index contributed by atoms with van der Waals surface area (Å²) in [5.41, 5.74) is 6.34. The molecule has 2 saturated heterocycles. The van der Waals surface area contributed by atoms with Crippen molar-refractivity contribution in [2.45, 2.75) is 24.9 Å². The van der Waals surface area contributed by atoms with Gasteiger partial charge in [-0.2, -0.15) is 11.8 Å². The fourth-order valence-corrected chi connectivity index (χ4v) is 4.42. The Bertz CT molecular complexity index is 216. The summed E-state index contributed by atoms with van der Waals surface area (Å²) in [6.07, 6.45) is 1.28. The summed E-state index contributed by atoms with van der Waals surface area (Å²) in [7, 11) is 2.21. The molecular formula is C11H23N3S. The van der Waals surface area contributed by atoms with Gasteiger partial charge in [0.2, 0.25) is 0 Å². The zero-order chi connectivity index (χ0) is 10.9. The molecule has 2 N–H and O–H groups in total. The van der Waals surface area contributed by atoms with Crippen LogP contribution >= 0.6 is 11.8 Å². The molecule has 2 heterocycles. The fraction of sp³-hybridized carbons (Fsp3) is 1.00. The quantitative estimate of drug-likeness (QED) is 0.745. The molecule has 0 amide bonds. The Hall–Kier alpha value is 0.230. The minimum atomic E-state index is 0.311. The molecular weight excluding hydrogens is 206 g/mol. The van der Waals surface area contributed by atoms with Crippen LogP contribution in [0.4, 0.5) is 0 Å². The maximum atomic E-state index is 6.03. The van der Waals surface area contributed by atoms with Crippen LogP contribution in [-0.2, 0) is 0 Å². The van der Waals surface area contributed by atoms with Crippen LogP contribution in [0.15, 0.2) is 0 Å². The van der Waals surface area contributed by atoms with Crippen molar-refractivity contribution in [3.8, 4) is 0 Å². The van der Waals surface area contributed by atoms with E-state index in [4.69, 9.17) is 5.73 Å². The smallest absolute Gasteiger partial charge is 0.0433 e. The van der Waals surface area contributed by atoms with Crippen LogP contribution in [0.5, 0.6) is 0 Å². The lowest BCUT2D eigenvalue weighted by molar-refractivity contribution is 0.0167. The van der Waals surface area contributed by atoms with Gasteiger partial charge in [0, 0.05) is 43.5 Å². The molecule has 0 aliphatic carbocycles. The van der Waals surface area contributed by atoms with E-state index >= 15 is 0 Å². The molecule has 88 valence electrons. The largest absolute Gasteiger partial charge is 0.329 e. The average molecular weight is 229 g/mol. The first kappa shape index (κ1) is 11.7. The molecule has 0 aromatic rings. The lowest BCUT2D eigenvalue weighted by Gasteiger charge is -2.48. The van der Waals surface area contributed by atoms with Crippen LogP contribution in [0.3, 0.4) is 0 Å². The average Bonchev–Trinajstić information content (AvgIpc) is 2.67. The molecule has 0 radical (unpaired) electrons. The van der Waals surface area contributed by atoms with Crippen LogP contribution in [0.2, 0.25) is 0 Å². The molecule has 0 saturated carbocycles. The van der Waals surface area contributed by atoms with E-state index < -0.39 is 0 Å². The molecule has 0 aromatic carbocycles. The summed E-state index contributed by atoms with van der Waals surface area (Å²) >= 11 is 2.07. The van der Waals surface area contributed by atoms with Gasteiger partial charge in [0.25, 0.3) is 0 Å². The maximum absolute atomic E-state index is 6.03. The van der Waals surface area contributed by atoms with Gasteiger partial charge >= 0.3 is 0 Å². The summed E-state index contributed by atoms with van der Waals surface area (Å²) in [5, 5.41) is 0. The predicted octanol–water partition coefficient (Wildman–Crippen LogP) is 0.457. The van der Waals surface area contributed by atoms with Gasteiger partial charge in [0.05, 0.1) is 0 Å². The van der Waals surface area contributed by atoms with Crippen LogP contribution in [-0.4, -0.2) is 66.1 Å². The molecule has 0 aromatic heterocycles. The number of hydrogen-bond acceptors (Lipinski definition) is 4. The Morgan fingerprint density at radius 3 is 2.80 bits per heavy atom. The molecule has 2 atom stereocenters. The lowest BCUT2D eigenvalue weighted by Crippen LogP contribution is -2.63. The van der Waals surface area contributed by atoms with Gasteiger partial charge in [-0.25, -0.2) is 0 Å². The number of rotatable bonds is 2. The second-order valence-electron chi connectivity index (χ2n) is 5.04. The first-order chi connectivity index (χ1) is 7.18. The number of hydrogen-bond donors (Lipinski definition) is 1. The molecule has 2 rings (SSSR count). The van der Waals surface area contributed by atoms with Gasteiger partial charge in [0.15, 0.2) is 0 Å². The highest BCUT2D eigenvalue weighted by atomic mass is 32.2. The topological polar surface area (TPSA) is 32.5 Å². The molecule has 2 aliphatic rings. The van der Waals surface area contributed by atoms with Crippen molar-refractivity contribution in [3.63, 3.8) is 0 Å². The highest BCUT2D eigenvalue weighted by Gasteiger charge is 2.42. The molecule has 4 heteroatoms. The van der Waals surface area contributed by atoms with Crippen molar-refractivity contribution >= 4 is 11.8 Å². The Morgan fingerprint density at radius 1 is 1.47 bits per heavy atom. The molecule has 3 nitrogen and oxygen atoms in total. The van der Waals surface area contributed by atoms with Crippen molar-refractivity contribution < 1.29 is 0 Å².